The van der Waals surface area contributed by atoms with Gasteiger partial charge in [0.05, 0.1) is 13.5 Å². The first-order chi connectivity index (χ1) is 15.2. The maximum atomic E-state index is 14.8. The Morgan fingerprint density at radius 3 is 2.69 bits per heavy atom. The summed E-state index contributed by atoms with van der Waals surface area (Å²) in [5.74, 6) is -2.55. The SMILES string of the molecule is [2H]c1cc([N+]#[C-])c(C)cc1N1C(=O)C(C)(C)N(c2ccc(C(=O)NC([2H])([2H])[2H])c(F)c2)C1=S. The fourth-order valence-electron chi connectivity index (χ4n) is 3.16. The van der Waals surface area contributed by atoms with E-state index in [0.717, 1.165) is 12.1 Å². The summed E-state index contributed by atoms with van der Waals surface area (Å²) >= 11 is 5.53. The summed E-state index contributed by atoms with van der Waals surface area (Å²) in [5, 5.41) is 1.72. The molecule has 0 radical (unpaired) electrons. The second-order valence-electron chi connectivity index (χ2n) is 6.93. The van der Waals surface area contributed by atoms with E-state index in [-0.39, 0.29) is 28.2 Å². The molecule has 0 spiro atoms. The third-order valence-corrected chi connectivity index (χ3v) is 5.08. The van der Waals surface area contributed by atoms with E-state index in [9.17, 15) is 14.0 Å². The largest absolute Gasteiger partial charge is 0.355 e. The van der Waals surface area contributed by atoms with Crippen molar-refractivity contribution in [1.29, 1.82) is 0 Å². The van der Waals surface area contributed by atoms with Crippen molar-refractivity contribution in [3.63, 3.8) is 0 Å². The van der Waals surface area contributed by atoms with Crippen LogP contribution in [-0.2, 0) is 4.79 Å². The molecule has 0 bridgehead atoms. The lowest BCUT2D eigenvalue weighted by molar-refractivity contribution is -0.120. The number of carbonyl (C=O) groups is 2. The second-order valence-corrected chi connectivity index (χ2v) is 7.30. The van der Waals surface area contributed by atoms with E-state index >= 15 is 0 Å². The molecule has 3 rings (SSSR count). The Bertz CT molecular complexity index is 1240. The number of nitrogens with zero attached hydrogens (tertiary/aromatic N) is 3. The number of benzene rings is 2. The Morgan fingerprint density at radius 1 is 1.34 bits per heavy atom. The second kappa shape index (κ2) is 7.26. The highest BCUT2D eigenvalue weighted by atomic mass is 32.1. The summed E-state index contributed by atoms with van der Waals surface area (Å²) in [6.07, 6.45) is 0. The van der Waals surface area contributed by atoms with Gasteiger partial charge in [-0.3, -0.25) is 14.5 Å². The minimum absolute atomic E-state index is 0.00689. The zero-order valence-corrected chi connectivity index (χ0v) is 16.6. The molecule has 2 amide bonds. The molecule has 2 aromatic carbocycles. The van der Waals surface area contributed by atoms with Crippen molar-refractivity contribution >= 4 is 46.2 Å². The van der Waals surface area contributed by atoms with Gasteiger partial charge in [0.25, 0.3) is 11.8 Å². The van der Waals surface area contributed by atoms with E-state index in [1.807, 2.05) is 0 Å². The van der Waals surface area contributed by atoms with E-state index in [2.05, 4.69) is 4.85 Å². The molecule has 0 aromatic heterocycles. The van der Waals surface area contributed by atoms with Gasteiger partial charge in [-0.2, -0.15) is 0 Å². The van der Waals surface area contributed by atoms with Crippen LogP contribution in [0.5, 0.6) is 0 Å². The molecule has 1 N–H and O–H groups in total. The van der Waals surface area contributed by atoms with Crippen molar-refractivity contribution in [3.8, 4) is 0 Å². The fraction of sp³-hybridized carbons (Fsp3) is 0.238. The molecule has 0 aliphatic carbocycles. The van der Waals surface area contributed by atoms with Gasteiger partial charge in [0, 0.05) is 22.5 Å². The highest BCUT2D eigenvalue weighted by molar-refractivity contribution is 7.81. The first-order valence-corrected chi connectivity index (χ1v) is 8.89. The number of anilines is 2. The van der Waals surface area contributed by atoms with Gasteiger partial charge in [-0.15, -0.1) is 0 Å². The normalized spacial score (nSPS) is 17.9. The standard InChI is InChI=1S/C21H19FN4O2S/c1-12-10-13(7-9-17(12)23-4)25-19(28)21(2,3)26(20(25)29)14-6-8-15(16(22)11-14)18(27)24-5/h6-11H,1-3,5H3,(H,24,27)/i5D3,7D. The lowest BCUT2D eigenvalue weighted by Gasteiger charge is -2.29. The number of halogens is 1. The van der Waals surface area contributed by atoms with Crippen molar-refractivity contribution in [2.75, 3.05) is 16.8 Å². The molecule has 1 fully saturated rings. The van der Waals surface area contributed by atoms with E-state index in [4.69, 9.17) is 24.3 Å². The number of amides is 2. The van der Waals surface area contributed by atoms with Crippen molar-refractivity contribution in [2.24, 2.45) is 0 Å². The average Bonchev–Trinajstić information content (AvgIpc) is 2.86. The molecule has 0 saturated carbocycles. The van der Waals surface area contributed by atoms with Crippen molar-refractivity contribution in [1.82, 2.24) is 5.32 Å². The van der Waals surface area contributed by atoms with Gasteiger partial charge in [0.1, 0.15) is 11.4 Å². The van der Waals surface area contributed by atoms with Crippen LogP contribution in [0.3, 0.4) is 0 Å². The fourth-order valence-corrected chi connectivity index (χ4v) is 3.68. The Labute approximate surface area is 179 Å². The Kier molecular flexibility index (Phi) is 3.90. The van der Waals surface area contributed by atoms with Crippen LogP contribution in [-0.4, -0.2) is 29.4 Å². The monoisotopic (exact) mass is 414 g/mol. The molecule has 2 aromatic rings. The third-order valence-electron chi connectivity index (χ3n) is 4.71. The lowest BCUT2D eigenvalue weighted by Crippen LogP contribution is -2.44. The Balaban J connectivity index is 2.04. The maximum absolute atomic E-state index is 14.8. The first kappa shape index (κ1) is 15.6. The zero-order valence-electron chi connectivity index (χ0n) is 19.8. The molecule has 29 heavy (non-hydrogen) atoms. The van der Waals surface area contributed by atoms with Crippen LogP contribution in [0.15, 0.2) is 36.4 Å². The van der Waals surface area contributed by atoms with Gasteiger partial charge in [0.2, 0.25) is 0 Å². The number of thiocarbonyl (C=S) groups is 1. The van der Waals surface area contributed by atoms with Gasteiger partial charge in [-0.1, -0.05) is 6.07 Å². The number of hydrogen-bond acceptors (Lipinski definition) is 3. The number of hydrogen-bond donors (Lipinski definition) is 1. The predicted molar refractivity (Wildman–Crippen MR) is 114 cm³/mol. The Hall–Kier alpha value is -3.31. The smallest absolute Gasteiger partial charge is 0.259 e. The Morgan fingerprint density at radius 2 is 2.07 bits per heavy atom. The number of aryl methyl sites for hydroxylation is 1. The molecule has 148 valence electrons. The van der Waals surface area contributed by atoms with E-state index in [1.165, 1.54) is 28.0 Å². The van der Waals surface area contributed by atoms with Crippen LogP contribution in [0.4, 0.5) is 21.5 Å². The molecule has 6 nitrogen and oxygen atoms in total. The highest BCUT2D eigenvalue weighted by Crippen LogP contribution is 2.37. The highest BCUT2D eigenvalue weighted by Gasteiger charge is 2.50. The minimum atomic E-state index is -2.78. The van der Waals surface area contributed by atoms with Crippen LogP contribution in [0, 0.1) is 19.3 Å². The topological polar surface area (TPSA) is 57.0 Å². The van der Waals surface area contributed by atoms with Crippen molar-refractivity contribution in [2.45, 2.75) is 26.3 Å². The molecular formula is C21H19FN4O2S. The quantitative estimate of drug-likeness (QED) is 0.610. The van der Waals surface area contributed by atoms with Gasteiger partial charge < -0.3 is 10.2 Å². The van der Waals surface area contributed by atoms with Crippen LogP contribution >= 0.6 is 12.2 Å². The van der Waals surface area contributed by atoms with Gasteiger partial charge in [0.15, 0.2) is 10.8 Å². The molecule has 8 heteroatoms. The first-order valence-electron chi connectivity index (χ1n) is 10.5. The average molecular weight is 414 g/mol. The van der Waals surface area contributed by atoms with Crippen molar-refractivity contribution in [3.05, 3.63) is 64.7 Å². The molecule has 0 unspecified atom stereocenters. The van der Waals surface area contributed by atoms with Gasteiger partial charge in [-0.25, -0.2) is 9.24 Å². The summed E-state index contributed by atoms with van der Waals surface area (Å²) in [4.78, 5) is 31.3. The van der Waals surface area contributed by atoms with E-state index in [0.29, 0.717) is 5.56 Å². The van der Waals surface area contributed by atoms with Gasteiger partial charge in [-0.05, 0) is 68.9 Å². The number of rotatable bonds is 3. The van der Waals surface area contributed by atoms with Crippen LogP contribution in [0.2, 0.25) is 0 Å². The van der Waals surface area contributed by atoms with Crippen LogP contribution in [0.25, 0.3) is 4.85 Å². The molecule has 0 atom stereocenters. The van der Waals surface area contributed by atoms with Crippen LogP contribution < -0.4 is 15.1 Å². The number of carbonyl (C=O) groups excluding carboxylic acids is 2. The molecule has 1 heterocycles. The van der Waals surface area contributed by atoms with Crippen LogP contribution in [0.1, 0.15) is 35.3 Å². The molecule has 1 saturated heterocycles. The predicted octanol–water partition coefficient (Wildman–Crippen LogP) is 3.96. The number of nitrogens with one attached hydrogen (secondary N) is 1. The van der Waals surface area contributed by atoms with E-state index < -0.39 is 35.7 Å². The van der Waals surface area contributed by atoms with Crippen molar-refractivity contribution < 1.29 is 19.5 Å². The third kappa shape index (κ3) is 3.23. The van der Waals surface area contributed by atoms with Gasteiger partial charge >= 0.3 is 0 Å². The lowest BCUT2D eigenvalue weighted by atomic mass is 10.0. The summed E-state index contributed by atoms with van der Waals surface area (Å²) in [6, 6.07) is 6.28. The minimum Gasteiger partial charge on any atom is -0.355 e. The summed E-state index contributed by atoms with van der Waals surface area (Å²) in [6.45, 7) is 9.27. The summed E-state index contributed by atoms with van der Waals surface area (Å²) < 4.78 is 44.3. The summed E-state index contributed by atoms with van der Waals surface area (Å²) in [7, 11) is 0. The molecule has 1 aliphatic heterocycles. The molecule has 1 aliphatic rings. The zero-order chi connectivity index (χ0) is 24.9. The summed E-state index contributed by atoms with van der Waals surface area (Å²) in [5.41, 5.74) is -0.515. The molecular weight excluding hydrogens is 391 g/mol. The maximum Gasteiger partial charge on any atom is 0.259 e. The van der Waals surface area contributed by atoms with E-state index in [1.54, 1.807) is 26.1 Å².